The number of amides is 1. The summed E-state index contributed by atoms with van der Waals surface area (Å²) in [7, 11) is 1.28. The summed E-state index contributed by atoms with van der Waals surface area (Å²) in [4.78, 5) is 26.8. The standard InChI is InChI=1S/C15H17N3O3/c1-21-15(20)10-14(19)18-8-6-17(7-9-18)13-4-2-12(11-16)3-5-13/h2-5H,6-10H2,1H3. The van der Waals surface area contributed by atoms with Gasteiger partial charge in [0.05, 0.1) is 18.7 Å². The van der Waals surface area contributed by atoms with Gasteiger partial charge in [-0.05, 0) is 24.3 Å². The zero-order chi connectivity index (χ0) is 15.2. The Bertz CT molecular complexity index is 555. The lowest BCUT2D eigenvalue weighted by Crippen LogP contribution is -2.49. The zero-order valence-electron chi connectivity index (χ0n) is 11.9. The Morgan fingerprint density at radius 1 is 1.19 bits per heavy atom. The molecule has 6 heteroatoms. The second-order valence-electron chi connectivity index (χ2n) is 4.78. The Hall–Kier alpha value is -2.55. The van der Waals surface area contributed by atoms with Crippen molar-refractivity contribution in [2.45, 2.75) is 6.42 Å². The van der Waals surface area contributed by atoms with Crippen LogP contribution >= 0.6 is 0 Å². The van der Waals surface area contributed by atoms with Crippen LogP contribution in [0.15, 0.2) is 24.3 Å². The zero-order valence-corrected chi connectivity index (χ0v) is 11.9. The second-order valence-corrected chi connectivity index (χ2v) is 4.78. The van der Waals surface area contributed by atoms with E-state index in [9.17, 15) is 9.59 Å². The van der Waals surface area contributed by atoms with Crippen LogP contribution in [0.25, 0.3) is 0 Å². The summed E-state index contributed by atoms with van der Waals surface area (Å²) < 4.78 is 4.50. The van der Waals surface area contributed by atoms with Crippen molar-refractivity contribution in [2.75, 3.05) is 38.2 Å². The van der Waals surface area contributed by atoms with Gasteiger partial charge in [0.25, 0.3) is 0 Å². The fourth-order valence-electron chi connectivity index (χ4n) is 2.27. The van der Waals surface area contributed by atoms with Crippen LogP contribution in [0.5, 0.6) is 0 Å². The summed E-state index contributed by atoms with van der Waals surface area (Å²) in [6.45, 7) is 2.57. The van der Waals surface area contributed by atoms with E-state index >= 15 is 0 Å². The number of rotatable bonds is 3. The minimum atomic E-state index is -0.505. The Balaban J connectivity index is 1.89. The Morgan fingerprint density at radius 2 is 1.81 bits per heavy atom. The third-order valence-corrected chi connectivity index (χ3v) is 3.52. The maximum Gasteiger partial charge on any atom is 0.315 e. The molecule has 1 aliphatic heterocycles. The van der Waals surface area contributed by atoms with Gasteiger partial charge in [0.2, 0.25) is 5.91 Å². The number of hydrogen-bond acceptors (Lipinski definition) is 5. The third-order valence-electron chi connectivity index (χ3n) is 3.52. The smallest absolute Gasteiger partial charge is 0.315 e. The molecule has 1 heterocycles. The molecular weight excluding hydrogens is 270 g/mol. The van der Waals surface area contributed by atoms with Crippen molar-refractivity contribution in [2.24, 2.45) is 0 Å². The van der Waals surface area contributed by atoms with Gasteiger partial charge in [-0.15, -0.1) is 0 Å². The number of carbonyl (C=O) groups excluding carboxylic acids is 2. The summed E-state index contributed by atoms with van der Waals surface area (Å²) in [6.07, 6.45) is -0.201. The minimum absolute atomic E-state index is 0.193. The third kappa shape index (κ3) is 3.72. The van der Waals surface area contributed by atoms with Crippen LogP contribution in [0, 0.1) is 11.3 Å². The first kappa shape index (κ1) is 14.9. The maximum atomic E-state index is 11.9. The lowest BCUT2D eigenvalue weighted by atomic mass is 10.2. The molecule has 1 aliphatic rings. The van der Waals surface area contributed by atoms with Crippen molar-refractivity contribution in [3.8, 4) is 6.07 Å². The maximum absolute atomic E-state index is 11.9. The molecule has 0 saturated carbocycles. The Kier molecular flexibility index (Phi) is 4.77. The number of esters is 1. The first-order chi connectivity index (χ1) is 10.1. The normalized spacial score (nSPS) is 14.5. The van der Waals surface area contributed by atoms with Gasteiger partial charge in [-0.3, -0.25) is 9.59 Å². The molecule has 0 atom stereocenters. The van der Waals surface area contributed by atoms with Crippen LogP contribution in [0.2, 0.25) is 0 Å². The van der Waals surface area contributed by atoms with Gasteiger partial charge < -0.3 is 14.5 Å². The summed E-state index contributed by atoms with van der Waals surface area (Å²) >= 11 is 0. The van der Waals surface area contributed by atoms with Crippen LogP contribution in [-0.2, 0) is 14.3 Å². The van der Waals surface area contributed by atoms with Gasteiger partial charge in [0.1, 0.15) is 6.42 Å². The molecule has 0 bridgehead atoms. The van der Waals surface area contributed by atoms with Gasteiger partial charge in [0.15, 0.2) is 0 Å². The molecule has 0 spiro atoms. The monoisotopic (exact) mass is 287 g/mol. The van der Waals surface area contributed by atoms with E-state index in [1.165, 1.54) is 7.11 Å². The van der Waals surface area contributed by atoms with Gasteiger partial charge in [-0.2, -0.15) is 5.26 Å². The van der Waals surface area contributed by atoms with E-state index in [-0.39, 0.29) is 12.3 Å². The highest BCUT2D eigenvalue weighted by Crippen LogP contribution is 2.17. The molecule has 0 aliphatic carbocycles. The molecule has 21 heavy (non-hydrogen) atoms. The highest BCUT2D eigenvalue weighted by Gasteiger charge is 2.23. The average molecular weight is 287 g/mol. The molecule has 110 valence electrons. The molecule has 0 radical (unpaired) electrons. The number of carbonyl (C=O) groups is 2. The van der Waals surface area contributed by atoms with Crippen molar-refractivity contribution in [1.29, 1.82) is 5.26 Å². The number of ether oxygens (including phenoxy) is 1. The summed E-state index contributed by atoms with van der Waals surface area (Å²) in [5.74, 6) is -0.698. The average Bonchev–Trinajstić information content (AvgIpc) is 2.55. The summed E-state index contributed by atoms with van der Waals surface area (Å²) in [5.41, 5.74) is 1.67. The molecule has 1 saturated heterocycles. The number of anilines is 1. The molecule has 6 nitrogen and oxygen atoms in total. The molecule has 2 rings (SSSR count). The minimum Gasteiger partial charge on any atom is -0.469 e. The fourth-order valence-corrected chi connectivity index (χ4v) is 2.27. The molecule has 0 unspecified atom stereocenters. The van der Waals surface area contributed by atoms with Crippen molar-refractivity contribution in [1.82, 2.24) is 4.90 Å². The van der Waals surface area contributed by atoms with Crippen LogP contribution in [-0.4, -0.2) is 50.1 Å². The van der Waals surface area contributed by atoms with Crippen molar-refractivity contribution in [3.05, 3.63) is 29.8 Å². The van der Waals surface area contributed by atoms with Crippen molar-refractivity contribution < 1.29 is 14.3 Å². The highest BCUT2D eigenvalue weighted by molar-refractivity contribution is 5.94. The van der Waals surface area contributed by atoms with E-state index in [4.69, 9.17) is 5.26 Å². The van der Waals surface area contributed by atoms with E-state index in [0.717, 1.165) is 5.69 Å². The van der Waals surface area contributed by atoms with Gasteiger partial charge in [-0.25, -0.2) is 0 Å². The number of piperazine rings is 1. The van der Waals surface area contributed by atoms with Gasteiger partial charge in [0, 0.05) is 31.9 Å². The van der Waals surface area contributed by atoms with E-state index in [1.807, 2.05) is 12.1 Å². The van der Waals surface area contributed by atoms with E-state index in [2.05, 4.69) is 15.7 Å². The molecular formula is C15H17N3O3. The Morgan fingerprint density at radius 3 is 2.33 bits per heavy atom. The number of nitriles is 1. The lowest BCUT2D eigenvalue weighted by molar-refractivity contribution is -0.146. The van der Waals surface area contributed by atoms with E-state index < -0.39 is 5.97 Å². The number of benzene rings is 1. The number of nitrogens with zero attached hydrogens (tertiary/aromatic N) is 3. The van der Waals surface area contributed by atoms with Crippen LogP contribution in [0.1, 0.15) is 12.0 Å². The van der Waals surface area contributed by atoms with Crippen LogP contribution in [0.3, 0.4) is 0 Å². The van der Waals surface area contributed by atoms with Crippen LogP contribution in [0.4, 0.5) is 5.69 Å². The van der Waals surface area contributed by atoms with Crippen LogP contribution < -0.4 is 4.90 Å². The first-order valence-electron chi connectivity index (χ1n) is 6.73. The molecule has 1 aromatic carbocycles. The number of hydrogen-bond donors (Lipinski definition) is 0. The summed E-state index contributed by atoms with van der Waals surface area (Å²) in [6, 6.07) is 9.47. The highest BCUT2D eigenvalue weighted by atomic mass is 16.5. The quantitative estimate of drug-likeness (QED) is 0.606. The van der Waals surface area contributed by atoms with Gasteiger partial charge >= 0.3 is 5.97 Å². The fraction of sp³-hybridized carbons (Fsp3) is 0.400. The number of methoxy groups -OCH3 is 1. The van der Waals surface area contributed by atoms with Crippen molar-refractivity contribution >= 4 is 17.6 Å². The largest absolute Gasteiger partial charge is 0.469 e. The lowest BCUT2D eigenvalue weighted by Gasteiger charge is -2.36. The molecule has 0 aromatic heterocycles. The summed E-state index contributed by atoms with van der Waals surface area (Å²) in [5, 5.41) is 8.78. The van der Waals surface area contributed by atoms with Crippen molar-refractivity contribution in [3.63, 3.8) is 0 Å². The van der Waals surface area contributed by atoms with E-state index in [1.54, 1.807) is 17.0 Å². The predicted octanol–water partition coefficient (Wildman–Crippen LogP) is 0.770. The molecule has 1 aromatic rings. The molecule has 1 fully saturated rings. The topological polar surface area (TPSA) is 73.6 Å². The molecule has 0 N–H and O–H groups in total. The Labute approximate surface area is 123 Å². The first-order valence-corrected chi connectivity index (χ1v) is 6.73. The predicted molar refractivity (Wildman–Crippen MR) is 76.6 cm³/mol. The van der Waals surface area contributed by atoms with Gasteiger partial charge in [-0.1, -0.05) is 0 Å². The SMILES string of the molecule is COC(=O)CC(=O)N1CCN(c2ccc(C#N)cc2)CC1. The molecule has 1 amide bonds. The van der Waals surface area contributed by atoms with E-state index in [0.29, 0.717) is 31.7 Å². The second kappa shape index (κ2) is 6.75.